The van der Waals surface area contributed by atoms with Crippen LogP contribution in [0.25, 0.3) is 0 Å². The number of rotatable bonds is 9. The molecule has 6 nitrogen and oxygen atoms in total. The molecule has 0 aliphatic carbocycles. The molecule has 2 N–H and O–H groups in total. The Morgan fingerprint density at radius 2 is 1.37 bits per heavy atom. The lowest BCUT2D eigenvalue weighted by atomic mass is 10.1. The minimum Gasteiger partial charge on any atom is -0.405 e. The van der Waals surface area contributed by atoms with Gasteiger partial charge >= 0.3 is 0 Å². The number of aliphatic hydroxyl groups excluding tert-OH is 2. The van der Waals surface area contributed by atoms with Gasteiger partial charge in [0.1, 0.15) is 12.2 Å². The molecular formula is C22H32O6SSi. The Morgan fingerprint density at radius 3 is 1.70 bits per heavy atom. The monoisotopic (exact) mass is 452 g/mol. The minimum absolute atomic E-state index is 0.188. The summed E-state index contributed by atoms with van der Waals surface area (Å²) in [6, 6.07) is 19.7. The summed E-state index contributed by atoms with van der Waals surface area (Å²) in [4.78, 5) is 0. The summed E-state index contributed by atoms with van der Waals surface area (Å²) in [5.74, 6) is 0. The normalized spacial score (nSPS) is 16.1. The Kier molecular flexibility index (Phi) is 8.01. The predicted octanol–water partition coefficient (Wildman–Crippen LogP) is 1.65. The van der Waals surface area contributed by atoms with E-state index in [4.69, 9.17) is 8.61 Å². The average molecular weight is 453 g/mol. The van der Waals surface area contributed by atoms with Crippen molar-refractivity contribution in [1.29, 1.82) is 0 Å². The van der Waals surface area contributed by atoms with Gasteiger partial charge in [-0.15, -0.1) is 0 Å². The van der Waals surface area contributed by atoms with Crippen molar-refractivity contribution in [3.8, 4) is 0 Å². The molecule has 0 aliphatic rings. The molecule has 3 unspecified atom stereocenters. The van der Waals surface area contributed by atoms with Gasteiger partial charge in [-0.3, -0.25) is 4.18 Å². The third-order valence-electron chi connectivity index (χ3n) is 5.05. The maximum absolute atomic E-state index is 11.8. The lowest BCUT2D eigenvalue weighted by molar-refractivity contribution is -0.0539. The SMILES string of the molecule is CC(O)C(O)C(CO[Si](c1ccccc1)(c1ccccc1)C(C)(C)C)OS(C)(=O)=O. The second-order valence-corrected chi connectivity index (χ2v) is 14.5. The minimum atomic E-state index is -3.87. The summed E-state index contributed by atoms with van der Waals surface area (Å²) in [6.07, 6.45) is -2.92. The largest absolute Gasteiger partial charge is 0.405 e. The van der Waals surface area contributed by atoms with E-state index >= 15 is 0 Å². The van der Waals surface area contributed by atoms with Crippen LogP contribution in [0.5, 0.6) is 0 Å². The molecule has 8 heteroatoms. The highest BCUT2D eigenvalue weighted by Gasteiger charge is 2.50. The Hall–Kier alpha value is -1.55. The number of benzene rings is 2. The summed E-state index contributed by atoms with van der Waals surface area (Å²) < 4.78 is 35.3. The molecule has 0 heterocycles. The third-order valence-corrected chi connectivity index (χ3v) is 10.7. The van der Waals surface area contributed by atoms with Crippen molar-refractivity contribution < 1.29 is 27.2 Å². The Labute approximate surface area is 180 Å². The van der Waals surface area contributed by atoms with Crippen LogP contribution in [0, 0.1) is 0 Å². The highest BCUT2D eigenvalue weighted by Crippen LogP contribution is 2.37. The highest BCUT2D eigenvalue weighted by molar-refractivity contribution is 7.86. The van der Waals surface area contributed by atoms with Crippen molar-refractivity contribution in [1.82, 2.24) is 0 Å². The maximum Gasteiger partial charge on any atom is 0.264 e. The molecule has 0 saturated heterocycles. The van der Waals surface area contributed by atoms with Crippen LogP contribution in [0.15, 0.2) is 60.7 Å². The molecular weight excluding hydrogens is 420 g/mol. The van der Waals surface area contributed by atoms with Crippen LogP contribution in [-0.2, 0) is 18.7 Å². The van der Waals surface area contributed by atoms with E-state index in [0.717, 1.165) is 16.6 Å². The molecule has 0 spiro atoms. The second kappa shape index (κ2) is 9.72. The molecule has 0 bridgehead atoms. The summed E-state index contributed by atoms with van der Waals surface area (Å²) in [7, 11) is -6.81. The smallest absolute Gasteiger partial charge is 0.264 e. The van der Waals surface area contributed by atoms with Gasteiger partial charge in [0.2, 0.25) is 0 Å². The summed E-state index contributed by atoms with van der Waals surface area (Å²) in [5, 5.41) is 22.0. The zero-order valence-electron chi connectivity index (χ0n) is 18.1. The third kappa shape index (κ3) is 5.78. The van der Waals surface area contributed by atoms with Gasteiger partial charge in [0, 0.05) is 0 Å². The Morgan fingerprint density at radius 1 is 0.933 bits per heavy atom. The predicted molar refractivity (Wildman–Crippen MR) is 121 cm³/mol. The number of hydrogen-bond acceptors (Lipinski definition) is 6. The standard InChI is InChI=1S/C22H32O6SSi/c1-17(23)21(24)20(28-29(5,25)26)16-27-30(22(2,3)4,18-12-8-6-9-13-18)19-14-10-7-11-15-19/h6-15,17,20-21,23-24H,16H2,1-5H3. The van der Waals surface area contributed by atoms with Gasteiger partial charge < -0.3 is 14.6 Å². The molecule has 2 aromatic rings. The van der Waals surface area contributed by atoms with Crippen LogP contribution in [0.4, 0.5) is 0 Å². The van der Waals surface area contributed by atoms with E-state index in [-0.39, 0.29) is 11.6 Å². The van der Waals surface area contributed by atoms with Gasteiger partial charge in [0.15, 0.2) is 0 Å². The molecule has 2 rings (SSSR count). The Balaban J connectivity index is 2.57. The van der Waals surface area contributed by atoms with Gasteiger partial charge in [-0.1, -0.05) is 81.4 Å². The van der Waals surface area contributed by atoms with Gasteiger partial charge in [0.25, 0.3) is 18.4 Å². The molecule has 0 aliphatic heterocycles. The lowest BCUT2D eigenvalue weighted by Crippen LogP contribution is -2.67. The quantitative estimate of drug-likeness (QED) is 0.444. The van der Waals surface area contributed by atoms with Crippen molar-refractivity contribution in [3.63, 3.8) is 0 Å². The van der Waals surface area contributed by atoms with Crippen molar-refractivity contribution in [2.75, 3.05) is 12.9 Å². The van der Waals surface area contributed by atoms with E-state index < -0.39 is 36.7 Å². The van der Waals surface area contributed by atoms with Crippen LogP contribution in [-0.4, -0.2) is 58.1 Å². The average Bonchev–Trinajstić information content (AvgIpc) is 2.66. The van der Waals surface area contributed by atoms with Gasteiger partial charge in [-0.25, -0.2) is 0 Å². The van der Waals surface area contributed by atoms with Gasteiger partial charge in [0.05, 0.1) is 19.0 Å². The lowest BCUT2D eigenvalue weighted by Gasteiger charge is -2.44. The van der Waals surface area contributed by atoms with E-state index in [2.05, 4.69) is 20.8 Å². The second-order valence-electron chi connectivity index (χ2n) is 8.54. The first kappa shape index (κ1) is 24.7. The van der Waals surface area contributed by atoms with Crippen LogP contribution >= 0.6 is 0 Å². The van der Waals surface area contributed by atoms with Gasteiger partial charge in [-0.05, 0) is 22.3 Å². The number of hydrogen-bond donors (Lipinski definition) is 2. The zero-order chi connectivity index (χ0) is 22.6. The molecule has 0 fully saturated rings. The van der Waals surface area contributed by atoms with Crippen molar-refractivity contribution in [3.05, 3.63) is 60.7 Å². The molecule has 0 amide bonds. The first-order valence-corrected chi connectivity index (χ1v) is 13.6. The molecule has 0 aromatic heterocycles. The summed E-state index contributed by atoms with van der Waals surface area (Å²) >= 11 is 0. The topological polar surface area (TPSA) is 93.1 Å². The van der Waals surface area contributed by atoms with E-state index in [0.29, 0.717) is 0 Å². The number of aliphatic hydroxyl groups is 2. The van der Waals surface area contributed by atoms with Crippen molar-refractivity contribution in [2.24, 2.45) is 0 Å². The van der Waals surface area contributed by atoms with E-state index in [1.54, 1.807) is 0 Å². The molecule has 30 heavy (non-hydrogen) atoms. The molecule has 166 valence electrons. The van der Waals surface area contributed by atoms with E-state index in [9.17, 15) is 18.6 Å². The summed E-state index contributed by atoms with van der Waals surface area (Å²) in [5.41, 5.74) is 0. The van der Waals surface area contributed by atoms with E-state index in [1.165, 1.54) is 6.92 Å². The first-order chi connectivity index (χ1) is 13.9. The molecule has 2 aromatic carbocycles. The fraction of sp³-hybridized carbons (Fsp3) is 0.455. The highest BCUT2D eigenvalue weighted by atomic mass is 32.2. The van der Waals surface area contributed by atoms with E-state index in [1.807, 2.05) is 60.7 Å². The van der Waals surface area contributed by atoms with Crippen LogP contribution < -0.4 is 10.4 Å². The van der Waals surface area contributed by atoms with Crippen molar-refractivity contribution >= 4 is 28.8 Å². The fourth-order valence-electron chi connectivity index (χ4n) is 3.69. The Bertz CT molecular complexity index is 855. The van der Waals surface area contributed by atoms with Crippen LogP contribution in [0.2, 0.25) is 5.04 Å². The maximum atomic E-state index is 11.8. The fourth-order valence-corrected chi connectivity index (χ4v) is 8.88. The van der Waals surface area contributed by atoms with Crippen LogP contribution in [0.3, 0.4) is 0 Å². The molecule has 0 saturated carbocycles. The summed E-state index contributed by atoms with van der Waals surface area (Å²) in [6.45, 7) is 7.47. The van der Waals surface area contributed by atoms with Crippen molar-refractivity contribution in [2.45, 2.75) is 51.0 Å². The zero-order valence-corrected chi connectivity index (χ0v) is 20.0. The van der Waals surface area contributed by atoms with Gasteiger partial charge in [-0.2, -0.15) is 8.42 Å². The first-order valence-electron chi connectivity index (χ1n) is 9.88. The van der Waals surface area contributed by atoms with Crippen LogP contribution in [0.1, 0.15) is 27.7 Å². The molecule has 0 radical (unpaired) electrons. The molecule has 3 atom stereocenters.